The van der Waals surface area contributed by atoms with Gasteiger partial charge in [-0.2, -0.15) is 5.26 Å². The molecule has 1 aromatic carbocycles. The van der Waals surface area contributed by atoms with E-state index in [4.69, 9.17) is 10.5 Å². The van der Waals surface area contributed by atoms with Gasteiger partial charge in [-0.25, -0.2) is 8.78 Å². The lowest BCUT2D eigenvalue weighted by atomic mass is 9.82. The van der Waals surface area contributed by atoms with Crippen molar-refractivity contribution in [3.8, 4) is 11.9 Å². The summed E-state index contributed by atoms with van der Waals surface area (Å²) >= 11 is 0. The Balaban J connectivity index is 2.26. The fraction of sp³-hybridized carbons (Fsp3) is 0.250. The van der Waals surface area contributed by atoms with Gasteiger partial charge >= 0.3 is 0 Å². The molecule has 0 spiro atoms. The molecule has 23 heavy (non-hydrogen) atoms. The molecule has 1 atom stereocenters. The van der Waals surface area contributed by atoms with Crippen molar-refractivity contribution in [3.05, 3.63) is 58.1 Å². The van der Waals surface area contributed by atoms with Crippen LogP contribution in [0.5, 0.6) is 5.88 Å². The second kappa shape index (κ2) is 5.39. The first-order valence-electron chi connectivity index (χ1n) is 7.04. The number of aromatic nitrogens is 2. The summed E-state index contributed by atoms with van der Waals surface area (Å²) in [7, 11) is 0. The van der Waals surface area contributed by atoms with E-state index < -0.39 is 17.6 Å². The lowest BCUT2D eigenvalue weighted by Crippen LogP contribution is -2.21. The van der Waals surface area contributed by atoms with Crippen LogP contribution in [0, 0.1) is 23.0 Å². The molecule has 1 aromatic heterocycles. The van der Waals surface area contributed by atoms with E-state index in [0.29, 0.717) is 11.1 Å². The van der Waals surface area contributed by atoms with Gasteiger partial charge < -0.3 is 10.5 Å². The summed E-state index contributed by atoms with van der Waals surface area (Å²) in [4.78, 5) is 0. The van der Waals surface area contributed by atoms with Crippen molar-refractivity contribution in [1.29, 1.82) is 5.26 Å². The number of H-pyrrole nitrogens is 1. The number of fused-ring (bicyclic) bond motifs is 1. The number of nitrogens with two attached hydrogens (primary N) is 1. The lowest BCUT2D eigenvalue weighted by Gasteiger charge is -2.24. The Morgan fingerprint density at radius 3 is 2.70 bits per heavy atom. The largest absolute Gasteiger partial charge is 0.420 e. The third-order valence-corrected chi connectivity index (χ3v) is 3.82. The zero-order valence-electron chi connectivity index (χ0n) is 12.5. The van der Waals surface area contributed by atoms with Gasteiger partial charge in [-0.1, -0.05) is 19.9 Å². The molecule has 1 aliphatic rings. The van der Waals surface area contributed by atoms with Crippen LogP contribution in [0.15, 0.2) is 29.7 Å². The summed E-state index contributed by atoms with van der Waals surface area (Å²) < 4.78 is 32.3. The highest BCUT2D eigenvalue weighted by Crippen LogP contribution is 2.44. The van der Waals surface area contributed by atoms with Gasteiger partial charge in [0.25, 0.3) is 0 Å². The van der Waals surface area contributed by atoms with E-state index in [9.17, 15) is 14.0 Å². The van der Waals surface area contributed by atoms with Crippen LogP contribution in [-0.2, 0) is 0 Å². The fourth-order valence-electron chi connectivity index (χ4n) is 2.73. The highest BCUT2D eigenvalue weighted by molar-refractivity contribution is 5.55. The van der Waals surface area contributed by atoms with Crippen LogP contribution in [0.25, 0.3) is 0 Å². The quantitative estimate of drug-likeness (QED) is 0.891. The van der Waals surface area contributed by atoms with Gasteiger partial charge in [-0.3, -0.25) is 5.10 Å². The van der Waals surface area contributed by atoms with Crippen LogP contribution in [0.3, 0.4) is 0 Å². The van der Waals surface area contributed by atoms with E-state index >= 15 is 0 Å². The molecule has 0 radical (unpaired) electrons. The number of hydrogen-bond donors (Lipinski definition) is 2. The van der Waals surface area contributed by atoms with Gasteiger partial charge in [-0.15, -0.1) is 5.10 Å². The Kier molecular flexibility index (Phi) is 3.52. The van der Waals surface area contributed by atoms with E-state index in [0.717, 1.165) is 17.8 Å². The topological polar surface area (TPSA) is 87.7 Å². The molecule has 1 aliphatic heterocycles. The van der Waals surface area contributed by atoms with Crippen molar-refractivity contribution in [2.75, 3.05) is 0 Å². The normalized spacial score (nSPS) is 17.0. The minimum atomic E-state index is -0.985. The van der Waals surface area contributed by atoms with Crippen molar-refractivity contribution in [3.63, 3.8) is 0 Å². The average molecular weight is 316 g/mol. The summed E-state index contributed by atoms with van der Waals surface area (Å²) in [6.45, 7) is 3.90. The molecule has 0 fully saturated rings. The maximum atomic E-state index is 13.7. The van der Waals surface area contributed by atoms with Crippen molar-refractivity contribution in [2.45, 2.75) is 25.7 Å². The van der Waals surface area contributed by atoms with Crippen LogP contribution in [0.1, 0.15) is 42.5 Å². The minimum Gasteiger partial charge on any atom is -0.420 e. The van der Waals surface area contributed by atoms with Crippen LogP contribution < -0.4 is 10.5 Å². The predicted octanol–water partition coefficient (Wildman–Crippen LogP) is 3.03. The second-order valence-electron chi connectivity index (χ2n) is 5.61. The Morgan fingerprint density at radius 2 is 2.09 bits per heavy atom. The van der Waals surface area contributed by atoms with Gasteiger partial charge in [0.15, 0.2) is 11.6 Å². The number of nitriles is 1. The molecule has 7 heteroatoms. The Bertz CT molecular complexity index is 848. The SMILES string of the molecule is CC(C)c1[nH]nc2c1C(c1ccc(F)c(F)c1)C(C#N)=C(N)O2. The monoisotopic (exact) mass is 316 g/mol. The van der Waals surface area contributed by atoms with Gasteiger partial charge in [-0.05, 0) is 23.6 Å². The van der Waals surface area contributed by atoms with E-state index in [1.54, 1.807) is 0 Å². The number of rotatable bonds is 2. The number of nitrogens with zero attached hydrogens (tertiary/aromatic N) is 2. The van der Waals surface area contributed by atoms with Crippen LogP contribution in [-0.4, -0.2) is 10.2 Å². The molecule has 0 saturated heterocycles. The number of ether oxygens (including phenoxy) is 1. The maximum Gasteiger partial charge on any atom is 0.244 e. The first-order valence-corrected chi connectivity index (χ1v) is 7.04. The summed E-state index contributed by atoms with van der Waals surface area (Å²) in [6.07, 6.45) is 0. The van der Waals surface area contributed by atoms with Crippen molar-refractivity contribution < 1.29 is 13.5 Å². The summed E-state index contributed by atoms with van der Waals surface area (Å²) in [5, 5.41) is 16.4. The second-order valence-corrected chi connectivity index (χ2v) is 5.61. The zero-order chi connectivity index (χ0) is 16.7. The molecule has 0 aliphatic carbocycles. The number of nitrogens with one attached hydrogen (secondary N) is 1. The van der Waals surface area contributed by atoms with Gasteiger partial charge in [0.05, 0.1) is 11.5 Å². The van der Waals surface area contributed by atoms with E-state index in [1.807, 2.05) is 19.9 Å². The highest BCUT2D eigenvalue weighted by atomic mass is 19.2. The molecule has 2 aromatic rings. The Labute approximate surface area is 131 Å². The predicted molar refractivity (Wildman–Crippen MR) is 78.3 cm³/mol. The molecule has 118 valence electrons. The fourth-order valence-corrected chi connectivity index (χ4v) is 2.73. The van der Waals surface area contributed by atoms with Crippen LogP contribution in [0.4, 0.5) is 8.78 Å². The van der Waals surface area contributed by atoms with Crippen LogP contribution in [0.2, 0.25) is 0 Å². The van der Waals surface area contributed by atoms with Gasteiger partial charge in [0.2, 0.25) is 11.8 Å². The first kappa shape index (κ1) is 15.0. The van der Waals surface area contributed by atoms with Crippen molar-refractivity contribution in [2.24, 2.45) is 5.73 Å². The molecule has 5 nitrogen and oxygen atoms in total. The molecule has 0 saturated carbocycles. The number of halogens is 2. The smallest absolute Gasteiger partial charge is 0.244 e. The molecule has 3 N–H and O–H groups in total. The summed E-state index contributed by atoms with van der Waals surface area (Å²) in [6, 6.07) is 5.53. The number of allylic oxidation sites excluding steroid dienone is 1. The average Bonchev–Trinajstić information content (AvgIpc) is 2.92. The maximum absolute atomic E-state index is 13.7. The number of benzene rings is 1. The molecule has 0 amide bonds. The molecule has 1 unspecified atom stereocenters. The standard InChI is InChI=1S/C16H14F2N4O/c1-7(2)14-13-12(8-3-4-10(17)11(18)5-8)9(6-19)15(20)23-16(13)22-21-14/h3-5,7,12H,20H2,1-2H3,(H,21,22). The molecular formula is C16H14F2N4O. The van der Waals surface area contributed by atoms with Gasteiger partial charge in [0, 0.05) is 5.69 Å². The zero-order valence-corrected chi connectivity index (χ0v) is 12.5. The summed E-state index contributed by atoms with van der Waals surface area (Å²) in [5.74, 6) is -2.36. The number of hydrogen-bond acceptors (Lipinski definition) is 4. The van der Waals surface area contributed by atoms with Crippen LogP contribution >= 0.6 is 0 Å². The first-order chi connectivity index (χ1) is 10.9. The van der Waals surface area contributed by atoms with E-state index in [-0.39, 0.29) is 23.3 Å². The Hall–Kier alpha value is -2.88. The third kappa shape index (κ3) is 2.32. The molecular weight excluding hydrogens is 302 g/mol. The third-order valence-electron chi connectivity index (χ3n) is 3.82. The molecule has 3 rings (SSSR count). The van der Waals surface area contributed by atoms with Crippen molar-refractivity contribution >= 4 is 0 Å². The van der Waals surface area contributed by atoms with Gasteiger partial charge in [0.1, 0.15) is 11.6 Å². The highest BCUT2D eigenvalue weighted by Gasteiger charge is 2.36. The lowest BCUT2D eigenvalue weighted by molar-refractivity contribution is 0.378. The van der Waals surface area contributed by atoms with Crippen molar-refractivity contribution in [1.82, 2.24) is 10.2 Å². The minimum absolute atomic E-state index is 0.0712. The van der Waals surface area contributed by atoms with E-state index in [2.05, 4.69) is 10.2 Å². The van der Waals surface area contributed by atoms with E-state index in [1.165, 1.54) is 6.07 Å². The molecule has 2 heterocycles. The summed E-state index contributed by atoms with van der Waals surface area (Å²) in [5.41, 5.74) is 7.74. The molecule has 0 bridgehead atoms. The number of aromatic amines is 1. The Morgan fingerprint density at radius 1 is 1.35 bits per heavy atom.